The van der Waals surface area contributed by atoms with Gasteiger partial charge < -0.3 is 9.80 Å². The third kappa shape index (κ3) is 2.08. The van der Waals surface area contributed by atoms with Crippen molar-refractivity contribution in [2.45, 2.75) is 31.7 Å². The molecule has 80 valence electrons. The maximum Gasteiger partial charge on any atom is 0.0987 e. The zero-order valence-corrected chi connectivity index (χ0v) is 9.29. The molecule has 2 rings (SSSR count). The van der Waals surface area contributed by atoms with E-state index in [1.54, 1.807) is 0 Å². The Morgan fingerprint density at radius 2 is 2.14 bits per heavy atom. The molecular formula is C11H21N3. The van der Waals surface area contributed by atoms with Crippen LogP contribution in [0.3, 0.4) is 0 Å². The van der Waals surface area contributed by atoms with E-state index in [0.717, 1.165) is 12.4 Å². The van der Waals surface area contributed by atoms with Crippen LogP contribution in [0.15, 0.2) is 0 Å². The Bertz CT molecular complexity index is 223. The highest BCUT2D eigenvalue weighted by molar-refractivity contribution is 5.83. The molecule has 3 nitrogen and oxygen atoms in total. The molecule has 0 aromatic carbocycles. The highest BCUT2D eigenvalue weighted by Crippen LogP contribution is 2.31. The third-order valence-electron chi connectivity index (χ3n) is 3.53. The Hall–Kier alpha value is -0.570. The first-order chi connectivity index (χ1) is 6.68. The number of nitrogens with zero attached hydrogens (tertiary/aromatic N) is 2. The lowest BCUT2D eigenvalue weighted by atomic mass is 10.2. The van der Waals surface area contributed by atoms with E-state index in [4.69, 9.17) is 5.41 Å². The number of likely N-dealkylation sites (N-methyl/N-ethyl adjacent to an activating group) is 2. The number of hydrogen-bond acceptors (Lipinski definition) is 2. The van der Waals surface area contributed by atoms with Crippen molar-refractivity contribution < 1.29 is 0 Å². The molecule has 0 radical (unpaired) electrons. The van der Waals surface area contributed by atoms with Gasteiger partial charge in [0.25, 0.3) is 0 Å². The first-order valence-electron chi connectivity index (χ1n) is 5.68. The molecular weight excluding hydrogens is 174 g/mol. The predicted octanol–water partition coefficient (Wildman–Crippen LogP) is 1.40. The van der Waals surface area contributed by atoms with E-state index in [9.17, 15) is 0 Å². The first kappa shape index (κ1) is 9.97. The molecule has 1 heterocycles. The molecule has 2 fully saturated rings. The fraction of sp³-hybridized carbons (Fsp3) is 0.909. The van der Waals surface area contributed by atoms with Crippen LogP contribution in [0.1, 0.15) is 25.7 Å². The summed E-state index contributed by atoms with van der Waals surface area (Å²) in [5.41, 5.74) is 0. The molecule has 0 aromatic rings. The lowest BCUT2D eigenvalue weighted by Gasteiger charge is -2.27. The third-order valence-corrected chi connectivity index (χ3v) is 3.53. The van der Waals surface area contributed by atoms with Gasteiger partial charge in [0.1, 0.15) is 0 Å². The maximum absolute atomic E-state index is 7.95. The second kappa shape index (κ2) is 3.89. The normalized spacial score (nSPS) is 28.0. The van der Waals surface area contributed by atoms with Crippen LogP contribution in [-0.4, -0.2) is 48.9 Å². The molecule has 1 atom stereocenters. The van der Waals surface area contributed by atoms with Crippen LogP contribution in [0.4, 0.5) is 0 Å². The van der Waals surface area contributed by atoms with Crippen molar-refractivity contribution in [2.75, 3.05) is 27.2 Å². The lowest BCUT2D eigenvalue weighted by molar-refractivity contribution is 0.265. The van der Waals surface area contributed by atoms with E-state index in [1.807, 2.05) is 0 Å². The van der Waals surface area contributed by atoms with Crippen LogP contribution >= 0.6 is 0 Å². The van der Waals surface area contributed by atoms with Gasteiger partial charge in [-0.25, -0.2) is 0 Å². The molecule has 1 N–H and O–H groups in total. The second-order valence-electron chi connectivity index (χ2n) is 4.82. The molecule has 1 aliphatic heterocycles. The van der Waals surface area contributed by atoms with E-state index in [1.165, 1.54) is 32.2 Å². The summed E-state index contributed by atoms with van der Waals surface area (Å²) in [6.45, 7) is 2.28. The van der Waals surface area contributed by atoms with Crippen LogP contribution < -0.4 is 0 Å². The van der Waals surface area contributed by atoms with Gasteiger partial charge in [-0.3, -0.25) is 5.41 Å². The predicted molar refractivity (Wildman–Crippen MR) is 58.7 cm³/mol. The topological polar surface area (TPSA) is 30.3 Å². The Morgan fingerprint density at radius 1 is 1.43 bits per heavy atom. The summed E-state index contributed by atoms with van der Waals surface area (Å²) >= 11 is 0. The molecule has 0 aromatic heterocycles. The van der Waals surface area contributed by atoms with E-state index < -0.39 is 0 Å². The fourth-order valence-electron chi connectivity index (χ4n) is 2.29. The largest absolute Gasteiger partial charge is 0.362 e. The molecule has 1 unspecified atom stereocenters. The Kier molecular flexibility index (Phi) is 2.77. The monoisotopic (exact) mass is 195 g/mol. The molecule has 1 saturated heterocycles. The SMILES string of the molecule is CN(CC1CCCN1C)C(=N)C1CC1. The van der Waals surface area contributed by atoms with Crippen molar-refractivity contribution in [1.82, 2.24) is 9.80 Å². The summed E-state index contributed by atoms with van der Waals surface area (Å²) in [6, 6.07) is 0.680. The molecule has 0 spiro atoms. The van der Waals surface area contributed by atoms with Crippen LogP contribution in [-0.2, 0) is 0 Å². The summed E-state index contributed by atoms with van der Waals surface area (Å²) in [4.78, 5) is 4.58. The van der Waals surface area contributed by atoms with Gasteiger partial charge in [0.15, 0.2) is 0 Å². The lowest BCUT2D eigenvalue weighted by Crippen LogP contribution is -2.39. The van der Waals surface area contributed by atoms with Crippen molar-refractivity contribution in [3.8, 4) is 0 Å². The first-order valence-corrected chi connectivity index (χ1v) is 5.68. The number of nitrogens with one attached hydrogen (secondary N) is 1. The van der Waals surface area contributed by atoms with Crippen molar-refractivity contribution in [2.24, 2.45) is 5.92 Å². The second-order valence-corrected chi connectivity index (χ2v) is 4.82. The van der Waals surface area contributed by atoms with Crippen molar-refractivity contribution >= 4 is 5.84 Å². The van der Waals surface area contributed by atoms with Crippen molar-refractivity contribution in [3.63, 3.8) is 0 Å². The number of amidine groups is 1. The molecule has 1 aliphatic carbocycles. The number of hydrogen-bond donors (Lipinski definition) is 1. The summed E-state index contributed by atoms with van der Waals surface area (Å²) in [5, 5.41) is 7.95. The Labute approximate surface area is 86.6 Å². The van der Waals surface area contributed by atoms with Gasteiger partial charge in [-0.1, -0.05) is 0 Å². The van der Waals surface area contributed by atoms with Gasteiger partial charge in [0.05, 0.1) is 5.84 Å². The van der Waals surface area contributed by atoms with Crippen molar-refractivity contribution in [1.29, 1.82) is 5.41 Å². The quantitative estimate of drug-likeness (QED) is 0.545. The van der Waals surface area contributed by atoms with E-state index in [2.05, 4.69) is 23.9 Å². The summed E-state index contributed by atoms with van der Waals surface area (Å²) in [7, 11) is 4.28. The molecule has 14 heavy (non-hydrogen) atoms. The van der Waals surface area contributed by atoms with Gasteiger partial charge in [-0.05, 0) is 39.3 Å². The average Bonchev–Trinajstić information content (AvgIpc) is 2.92. The van der Waals surface area contributed by atoms with Crippen LogP contribution in [0.5, 0.6) is 0 Å². The smallest absolute Gasteiger partial charge is 0.0987 e. The van der Waals surface area contributed by atoms with Crippen molar-refractivity contribution in [3.05, 3.63) is 0 Å². The fourth-order valence-corrected chi connectivity index (χ4v) is 2.29. The zero-order chi connectivity index (χ0) is 10.1. The minimum Gasteiger partial charge on any atom is -0.362 e. The molecule has 0 bridgehead atoms. The van der Waals surface area contributed by atoms with Gasteiger partial charge >= 0.3 is 0 Å². The molecule has 3 heteroatoms. The van der Waals surface area contributed by atoms with Gasteiger partial charge in [0.2, 0.25) is 0 Å². The van der Waals surface area contributed by atoms with Gasteiger partial charge in [0, 0.05) is 25.6 Å². The van der Waals surface area contributed by atoms with E-state index >= 15 is 0 Å². The Morgan fingerprint density at radius 3 is 2.64 bits per heavy atom. The number of rotatable bonds is 3. The minimum atomic E-state index is 0.590. The van der Waals surface area contributed by atoms with Gasteiger partial charge in [-0.15, -0.1) is 0 Å². The minimum absolute atomic E-state index is 0.590. The van der Waals surface area contributed by atoms with Gasteiger partial charge in [-0.2, -0.15) is 0 Å². The molecule has 0 amide bonds. The molecule has 2 aliphatic rings. The van der Waals surface area contributed by atoms with E-state index in [-0.39, 0.29) is 0 Å². The highest BCUT2D eigenvalue weighted by atomic mass is 15.2. The number of likely N-dealkylation sites (tertiary alicyclic amines) is 1. The zero-order valence-electron chi connectivity index (χ0n) is 9.29. The summed E-state index contributed by atoms with van der Waals surface area (Å²) < 4.78 is 0. The van der Waals surface area contributed by atoms with E-state index in [0.29, 0.717) is 12.0 Å². The van der Waals surface area contributed by atoms with Crippen LogP contribution in [0, 0.1) is 11.3 Å². The summed E-state index contributed by atoms with van der Waals surface area (Å²) in [5.74, 6) is 1.46. The molecule has 1 saturated carbocycles. The Balaban J connectivity index is 1.80. The maximum atomic E-state index is 7.95. The standard InChI is InChI=1S/C11H21N3/c1-13-7-3-4-10(13)8-14(2)11(12)9-5-6-9/h9-10,12H,3-8H2,1-2H3. The van der Waals surface area contributed by atoms with Crippen LogP contribution in [0.25, 0.3) is 0 Å². The van der Waals surface area contributed by atoms with Crippen LogP contribution in [0.2, 0.25) is 0 Å². The summed E-state index contributed by atoms with van der Waals surface area (Å²) in [6.07, 6.45) is 5.11. The highest BCUT2D eigenvalue weighted by Gasteiger charge is 2.30. The average molecular weight is 195 g/mol.